The molecule has 0 aliphatic rings. The highest BCUT2D eigenvalue weighted by atomic mass is 28.4. The van der Waals surface area contributed by atoms with E-state index in [0.29, 0.717) is 19.8 Å². The third-order valence-electron chi connectivity index (χ3n) is 7.15. The van der Waals surface area contributed by atoms with Crippen molar-refractivity contribution >= 4 is 18.7 Å². The molecule has 0 unspecified atom stereocenters. The molecular weight excluding hydrogens is 492 g/mol. The summed E-state index contributed by atoms with van der Waals surface area (Å²) in [6.07, 6.45) is 13.6. The molecule has 2 aromatic rings. The van der Waals surface area contributed by atoms with Gasteiger partial charge in [-0.2, -0.15) is 0 Å². The van der Waals surface area contributed by atoms with Crippen molar-refractivity contribution in [3.8, 4) is 0 Å². The number of hydrogen-bond acceptors (Lipinski definition) is 2. The van der Waals surface area contributed by atoms with E-state index in [0.717, 1.165) is 25.7 Å². The predicted molar refractivity (Wildman–Crippen MR) is 174 cm³/mol. The first-order valence-electron chi connectivity index (χ1n) is 14.5. The molecule has 0 heterocycles. The van der Waals surface area contributed by atoms with Gasteiger partial charge in [-0.1, -0.05) is 122 Å². The zero-order chi connectivity index (χ0) is 28.7. The smallest absolute Gasteiger partial charge is 0.261 e. The minimum atomic E-state index is -2.51. The van der Waals surface area contributed by atoms with E-state index in [2.05, 4.69) is 140 Å². The van der Waals surface area contributed by atoms with Crippen molar-refractivity contribution in [1.82, 2.24) is 0 Å². The molecule has 39 heavy (non-hydrogen) atoms. The number of allylic oxidation sites excluding steroid dienone is 5. The summed E-state index contributed by atoms with van der Waals surface area (Å²) in [4.78, 5) is 0. The number of hydrogen-bond donors (Lipinski definition) is 0. The normalized spacial score (nSPS) is 13.5. The highest BCUT2D eigenvalue weighted by Crippen LogP contribution is 2.36. The van der Waals surface area contributed by atoms with Gasteiger partial charge in [0, 0.05) is 0 Å². The fraction of sp³-hybridized carbons (Fsp3) is 0.444. The molecule has 0 N–H and O–H groups in total. The Kier molecular flexibility index (Phi) is 13.9. The fourth-order valence-corrected chi connectivity index (χ4v) is 9.38. The average Bonchev–Trinajstić information content (AvgIpc) is 2.89. The van der Waals surface area contributed by atoms with Crippen LogP contribution in [0.3, 0.4) is 0 Å². The molecule has 2 aromatic carbocycles. The lowest BCUT2D eigenvalue weighted by Gasteiger charge is -2.42. The first kappa shape index (κ1) is 32.7. The van der Waals surface area contributed by atoms with Crippen LogP contribution in [0.4, 0.5) is 0 Å². The quantitative estimate of drug-likeness (QED) is 0.127. The van der Waals surface area contributed by atoms with Crippen LogP contribution in [0.15, 0.2) is 107 Å². The second-order valence-corrected chi connectivity index (χ2v) is 16.3. The lowest BCUT2D eigenvalue weighted by atomic mass is 10.1. The largest absolute Gasteiger partial charge is 0.404 e. The second-order valence-electron chi connectivity index (χ2n) is 12.0. The van der Waals surface area contributed by atoms with Crippen LogP contribution in [0.5, 0.6) is 0 Å². The average molecular weight is 545 g/mol. The second kappa shape index (κ2) is 16.6. The van der Waals surface area contributed by atoms with Crippen LogP contribution in [0.25, 0.3) is 0 Å². The van der Waals surface area contributed by atoms with Crippen LogP contribution in [0.2, 0.25) is 5.04 Å². The van der Waals surface area contributed by atoms with E-state index >= 15 is 0 Å². The number of rotatable bonds is 15. The Bertz CT molecular complexity index is 1060. The minimum Gasteiger partial charge on any atom is -0.404 e. The zero-order valence-electron chi connectivity index (χ0n) is 25.8. The molecule has 0 aliphatic heterocycles. The minimum absolute atomic E-state index is 0.0183. The van der Waals surface area contributed by atoms with E-state index in [1.165, 1.54) is 32.7 Å². The van der Waals surface area contributed by atoms with Gasteiger partial charge in [0.1, 0.15) is 0 Å². The molecule has 0 amide bonds. The Hall–Kier alpha value is -2.46. The third-order valence-corrected chi connectivity index (χ3v) is 12.2. The van der Waals surface area contributed by atoms with Crippen molar-refractivity contribution in [2.45, 2.75) is 86.1 Å². The van der Waals surface area contributed by atoms with E-state index in [4.69, 9.17) is 9.16 Å². The molecule has 3 heteroatoms. The van der Waals surface area contributed by atoms with Gasteiger partial charge in [0.2, 0.25) is 0 Å². The molecule has 0 spiro atoms. The summed E-state index contributed by atoms with van der Waals surface area (Å²) >= 11 is 0. The number of benzene rings is 2. The summed E-state index contributed by atoms with van der Waals surface area (Å²) in [7, 11) is -2.51. The Labute approximate surface area is 240 Å². The SMILES string of the molecule is CC(C)=CCC/C(C)=C/CC/C(C)=C/COC/C(C)=C/CO[Si](c1ccccc1)(c1ccccc1)C(C)(C)C. The van der Waals surface area contributed by atoms with Crippen molar-refractivity contribution in [3.63, 3.8) is 0 Å². The van der Waals surface area contributed by atoms with Gasteiger partial charge in [-0.15, -0.1) is 0 Å². The third kappa shape index (κ3) is 10.9. The molecule has 0 aromatic heterocycles. The molecule has 0 saturated heterocycles. The van der Waals surface area contributed by atoms with E-state index in [1.54, 1.807) is 0 Å². The molecule has 2 nitrogen and oxygen atoms in total. The summed E-state index contributed by atoms with van der Waals surface area (Å²) in [5.74, 6) is 0. The topological polar surface area (TPSA) is 18.5 Å². The Morgan fingerprint density at radius 2 is 1.13 bits per heavy atom. The maximum absolute atomic E-state index is 6.97. The van der Waals surface area contributed by atoms with Crippen LogP contribution in [-0.2, 0) is 9.16 Å². The molecule has 0 atom stereocenters. The summed E-state index contributed by atoms with van der Waals surface area (Å²) in [5, 5.41) is 2.60. The molecule has 0 bridgehead atoms. The van der Waals surface area contributed by atoms with Crippen molar-refractivity contribution < 1.29 is 9.16 Å². The lowest BCUT2D eigenvalue weighted by molar-refractivity contribution is 0.185. The van der Waals surface area contributed by atoms with Crippen LogP contribution in [0, 0.1) is 0 Å². The summed E-state index contributed by atoms with van der Waals surface area (Å²) in [6.45, 7) is 19.7. The van der Waals surface area contributed by atoms with Gasteiger partial charge in [0.15, 0.2) is 0 Å². The molecular formula is C36H52O2Si. The summed E-state index contributed by atoms with van der Waals surface area (Å²) in [5.41, 5.74) is 5.48. The molecule has 0 radical (unpaired) electrons. The van der Waals surface area contributed by atoms with Crippen molar-refractivity contribution in [2.24, 2.45) is 0 Å². The summed E-state index contributed by atoms with van der Waals surface area (Å²) < 4.78 is 12.9. The van der Waals surface area contributed by atoms with E-state index < -0.39 is 8.32 Å². The van der Waals surface area contributed by atoms with Crippen LogP contribution < -0.4 is 10.4 Å². The van der Waals surface area contributed by atoms with E-state index in [-0.39, 0.29) is 5.04 Å². The Morgan fingerprint density at radius 1 is 0.641 bits per heavy atom. The van der Waals surface area contributed by atoms with Gasteiger partial charge in [-0.3, -0.25) is 0 Å². The fourth-order valence-electron chi connectivity index (χ4n) is 4.89. The monoisotopic (exact) mass is 544 g/mol. The molecule has 0 saturated carbocycles. The van der Waals surface area contributed by atoms with Gasteiger partial charge >= 0.3 is 0 Å². The van der Waals surface area contributed by atoms with Gasteiger partial charge in [-0.25, -0.2) is 0 Å². The van der Waals surface area contributed by atoms with Crippen molar-refractivity contribution in [2.75, 3.05) is 19.8 Å². The predicted octanol–water partition coefficient (Wildman–Crippen LogP) is 8.95. The first-order valence-corrected chi connectivity index (χ1v) is 16.4. The Morgan fingerprint density at radius 3 is 1.64 bits per heavy atom. The molecule has 2 rings (SSSR count). The van der Waals surface area contributed by atoms with Gasteiger partial charge < -0.3 is 9.16 Å². The van der Waals surface area contributed by atoms with Crippen LogP contribution >= 0.6 is 0 Å². The van der Waals surface area contributed by atoms with Crippen LogP contribution in [-0.4, -0.2) is 28.1 Å². The standard InChI is InChI=1S/C36H52O2Si/c1-30(2)17-15-18-31(3)19-16-20-32(4)25-27-37-29-33(5)26-28-38-39(36(6,7)8,34-21-11-9-12-22-34)35-23-13-10-14-24-35/h9-14,17,19,21-26H,15-16,18,20,27-29H2,1-8H3/b31-19+,32-25+,33-26+. The summed E-state index contributed by atoms with van der Waals surface area (Å²) in [6, 6.07) is 21.6. The molecule has 0 fully saturated rings. The maximum Gasteiger partial charge on any atom is 0.261 e. The van der Waals surface area contributed by atoms with Gasteiger partial charge in [-0.05, 0) is 81.3 Å². The number of ether oxygens (including phenoxy) is 1. The van der Waals surface area contributed by atoms with E-state index in [1.807, 2.05) is 0 Å². The van der Waals surface area contributed by atoms with Crippen molar-refractivity contribution in [1.29, 1.82) is 0 Å². The highest BCUT2D eigenvalue weighted by molar-refractivity contribution is 6.99. The lowest BCUT2D eigenvalue weighted by Crippen LogP contribution is -2.66. The molecule has 212 valence electrons. The van der Waals surface area contributed by atoms with Gasteiger partial charge in [0.25, 0.3) is 8.32 Å². The zero-order valence-corrected chi connectivity index (χ0v) is 26.8. The van der Waals surface area contributed by atoms with E-state index in [9.17, 15) is 0 Å². The first-order chi connectivity index (χ1) is 18.6. The maximum atomic E-state index is 6.97. The highest BCUT2D eigenvalue weighted by Gasteiger charge is 2.49. The van der Waals surface area contributed by atoms with Crippen molar-refractivity contribution in [3.05, 3.63) is 107 Å². The molecule has 0 aliphatic carbocycles. The van der Waals surface area contributed by atoms with Gasteiger partial charge in [0.05, 0.1) is 19.8 Å². The van der Waals surface area contributed by atoms with Crippen LogP contribution in [0.1, 0.15) is 81.1 Å². The Balaban J connectivity index is 1.92.